The molecule has 0 atom stereocenters. The average Bonchev–Trinajstić information content (AvgIpc) is 3.42. The lowest BCUT2D eigenvalue weighted by Gasteiger charge is -2.21. The third kappa shape index (κ3) is 5.51. The van der Waals surface area contributed by atoms with E-state index in [1.54, 1.807) is 0 Å². The van der Waals surface area contributed by atoms with E-state index < -0.39 is 0 Å². The highest BCUT2D eigenvalue weighted by Gasteiger charge is 2.34. The van der Waals surface area contributed by atoms with Gasteiger partial charge >= 0.3 is 0 Å². The minimum absolute atomic E-state index is 0.358. The maximum Gasteiger partial charge on any atom is 0.201 e. The van der Waals surface area contributed by atoms with Crippen molar-refractivity contribution in [3.05, 3.63) is 129 Å². The summed E-state index contributed by atoms with van der Waals surface area (Å²) in [5.74, 6) is 1.41. The van der Waals surface area contributed by atoms with Crippen LogP contribution in [-0.2, 0) is 0 Å². The first-order chi connectivity index (χ1) is 20.9. The first kappa shape index (κ1) is 29.7. The molecule has 0 aliphatic heterocycles. The average molecular weight is 575 g/mol. The monoisotopic (exact) mass is 574 g/mol. The summed E-state index contributed by atoms with van der Waals surface area (Å²) in [6.45, 7) is 27.7. The molecule has 0 N–H and O–H groups in total. The highest BCUT2D eigenvalue weighted by atomic mass is 16.5. The molecule has 0 spiro atoms. The van der Waals surface area contributed by atoms with Crippen LogP contribution in [-0.4, -0.2) is 11.2 Å². The van der Waals surface area contributed by atoms with Gasteiger partial charge in [0.1, 0.15) is 28.8 Å². The van der Waals surface area contributed by atoms with Crippen molar-refractivity contribution in [2.75, 3.05) is 0 Å². The lowest BCUT2D eigenvalue weighted by molar-refractivity contribution is 0.130. The van der Waals surface area contributed by atoms with Crippen molar-refractivity contribution >= 4 is 33.6 Å². The Morgan fingerprint density at radius 3 is 1.64 bits per heavy atom. The number of fused-ring (bicyclic) bond motifs is 2. The zero-order valence-corrected chi connectivity index (χ0v) is 25.5. The van der Waals surface area contributed by atoms with E-state index in [1.165, 1.54) is 12.3 Å². The number of allylic oxidation sites excluding steroid dienone is 6. The Morgan fingerprint density at radius 1 is 0.682 bits per heavy atom. The summed E-state index contributed by atoms with van der Waals surface area (Å²) in [5.41, 5.74) is 6.94. The summed E-state index contributed by atoms with van der Waals surface area (Å²) in [7, 11) is 0. The number of hydrogen-bond donors (Lipinski definition) is 0. The molecule has 0 fully saturated rings. The second-order valence-corrected chi connectivity index (χ2v) is 12.5. The van der Waals surface area contributed by atoms with Crippen molar-refractivity contribution in [2.45, 2.75) is 52.7 Å². The molecule has 0 heterocycles. The van der Waals surface area contributed by atoms with Gasteiger partial charge in [0.2, 0.25) is 5.70 Å². The van der Waals surface area contributed by atoms with E-state index in [1.807, 2.05) is 102 Å². The molecule has 0 saturated heterocycles. The molecule has 3 aromatic rings. The van der Waals surface area contributed by atoms with Gasteiger partial charge in [-0.15, -0.1) is 0 Å². The van der Waals surface area contributed by atoms with Gasteiger partial charge < -0.3 is 9.47 Å². The van der Waals surface area contributed by atoms with Crippen LogP contribution in [0.4, 0.5) is 0 Å². The molecule has 44 heavy (non-hydrogen) atoms. The molecule has 214 valence electrons. The molecule has 2 aliphatic carbocycles. The number of ether oxygens (including phenoxy) is 2. The van der Waals surface area contributed by atoms with Crippen molar-refractivity contribution in [2.24, 2.45) is 0 Å². The van der Waals surface area contributed by atoms with Gasteiger partial charge in [-0.25, -0.2) is 9.69 Å². The lowest BCUT2D eigenvalue weighted by Crippen LogP contribution is -2.22. The second-order valence-electron chi connectivity index (χ2n) is 12.5. The fourth-order valence-electron chi connectivity index (χ4n) is 5.57. The van der Waals surface area contributed by atoms with Crippen molar-refractivity contribution < 1.29 is 9.47 Å². The van der Waals surface area contributed by atoms with Crippen LogP contribution >= 0.6 is 0 Å². The SMILES string of the molecule is [C-]#[N+]/C=C1\C(c2ccc(OC(C)(C)C)cc2)=C([N+]#[C-])c2cc3c(cc21)/C(=C/C#N)C(c1ccc(OC(C)(C)C)cc1)=C3C#N. The second kappa shape index (κ2) is 11.1. The van der Waals surface area contributed by atoms with Gasteiger partial charge in [0.15, 0.2) is 6.20 Å². The maximum absolute atomic E-state index is 10.4. The molecule has 0 bridgehead atoms. The quantitative estimate of drug-likeness (QED) is 0.230. The molecule has 3 aromatic carbocycles. The summed E-state index contributed by atoms with van der Waals surface area (Å²) >= 11 is 0. The van der Waals surface area contributed by atoms with Gasteiger partial charge in [-0.3, -0.25) is 0 Å². The number of nitrogens with zero attached hydrogens (tertiary/aromatic N) is 4. The van der Waals surface area contributed by atoms with E-state index in [-0.39, 0.29) is 11.2 Å². The lowest BCUT2D eigenvalue weighted by atomic mass is 9.93. The fourth-order valence-corrected chi connectivity index (χ4v) is 5.57. The summed E-state index contributed by atoms with van der Waals surface area (Å²) in [6.07, 6.45) is 2.89. The number of nitriles is 2. The van der Waals surface area contributed by atoms with Gasteiger partial charge in [-0.2, -0.15) is 10.5 Å². The predicted octanol–water partition coefficient (Wildman–Crippen LogP) is 9.46. The zero-order valence-electron chi connectivity index (χ0n) is 25.5. The van der Waals surface area contributed by atoms with E-state index in [9.17, 15) is 10.5 Å². The van der Waals surface area contributed by atoms with Crippen LogP contribution in [0, 0.1) is 35.8 Å². The highest BCUT2D eigenvalue weighted by Crippen LogP contribution is 2.53. The topological polar surface area (TPSA) is 74.8 Å². The summed E-state index contributed by atoms with van der Waals surface area (Å²) in [4.78, 5) is 7.51. The van der Waals surface area contributed by atoms with Crippen molar-refractivity contribution in [3.8, 4) is 23.6 Å². The molecule has 5 rings (SSSR count). The first-order valence-electron chi connectivity index (χ1n) is 14.1. The van der Waals surface area contributed by atoms with Crippen LogP contribution in [0.15, 0.2) is 72.9 Å². The molecule has 0 unspecified atom stereocenters. The molecular weight excluding hydrogens is 544 g/mol. The van der Waals surface area contributed by atoms with Gasteiger partial charge in [-0.1, -0.05) is 30.3 Å². The fraction of sp³-hybridized carbons (Fsp3) is 0.211. The minimum Gasteiger partial charge on any atom is -0.488 e. The Bertz CT molecular complexity index is 1840. The Labute approximate surface area is 258 Å². The van der Waals surface area contributed by atoms with Crippen molar-refractivity contribution in [1.29, 1.82) is 10.5 Å². The summed E-state index contributed by atoms with van der Waals surface area (Å²) < 4.78 is 12.0. The standard InChI is InChI=1S/C38H30N4O2/c1-37(2,3)43-25-13-9-23(10-14-25)34-27(17-18-39)28-19-30-31(20-29(28)32(34)21-40)36(42-8)35(33(30)22-41-7)24-11-15-26(16-12-24)44-38(4,5)6/h9-17,19-20,22H,1-6H3/b27-17-,33-22-. The smallest absolute Gasteiger partial charge is 0.201 e. The number of rotatable bonds is 4. The van der Waals surface area contributed by atoms with Gasteiger partial charge in [-0.05, 0) is 111 Å². The summed E-state index contributed by atoms with van der Waals surface area (Å²) in [6, 6.07) is 23.3. The Morgan fingerprint density at radius 2 is 1.18 bits per heavy atom. The highest BCUT2D eigenvalue weighted by molar-refractivity contribution is 6.27. The molecule has 0 saturated carbocycles. The number of benzene rings is 3. The zero-order chi connectivity index (χ0) is 31.8. The van der Waals surface area contributed by atoms with E-state index in [0.29, 0.717) is 67.3 Å². The minimum atomic E-state index is -0.361. The largest absolute Gasteiger partial charge is 0.488 e. The van der Waals surface area contributed by atoms with E-state index in [4.69, 9.17) is 22.6 Å². The maximum atomic E-state index is 10.4. The molecular formula is C38H30N4O2. The predicted molar refractivity (Wildman–Crippen MR) is 174 cm³/mol. The van der Waals surface area contributed by atoms with Crippen LogP contribution in [0.2, 0.25) is 0 Å². The van der Waals surface area contributed by atoms with Crippen LogP contribution in [0.3, 0.4) is 0 Å². The molecule has 2 aliphatic rings. The normalized spacial score (nSPS) is 15.8. The van der Waals surface area contributed by atoms with Gasteiger partial charge in [0.25, 0.3) is 0 Å². The first-order valence-corrected chi connectivity index (χ1v) is 14.1. The van der Waals surface area contributed by atoms with Gasteiger partial charge in [0, 0.05) is 22.8 Å². The van der Waals surface area contributed by atoms with Crippen LogP contribution < -0.4 is 9.47 Å². The van der Waals surface area contributed by atoms with Gasteiger partial charge in [0.05, 0.1) is 24.8 Å². The number of hydrogen-bond acceptors (Lipinski definition) is 4. The van der Waals surface area contributed by atoms with Crippen molar-refractivity contribution in [3.63, 3.8) is 0 Å². The Hall–Kier alpha value is -5.82. The van der Waals surface area contributed by atoms with Crippen LogP contribution in [0.1, 0.15) is 74.9 Å². The molecule has 6 nitrogen and oxygen atoms in total. The van der Waals surface area contributed by atoms with E-state index in [2.05, 4.69) is 21.8 Å². The third-order valence-corrected chi connectivity index (χ3v) is 7.05. The van der Waals surface area contributed by atoms with Crippen LogP contribution in [0.25, 0.3) is 43.3 Å². The summed E-state index contributed by atoms with van der Waals surface area (Å²) in [5, 5.41) is 20.2. The molecule has 0 aromatic heterocycles. The van der Waals surface area contributed by atoms with E-state index >= 15 is 0 Å². The molecule has 0 radical (unpaired) electrons. The van der Waals surface area contributed by atoms with Crippen molar-refractivity contribution in [1.82, 2.24) is 0 Å². The van der Waals surface area contributed by atoms with Crippen LogP contribution in [0.5, 0.6) is 11.5 Å². The Kier molecular flexibility index (Phi) is 7.49. The third-order valence-electron chi connectivity index (χ3n) is 7.05. The molecule has 6 heteroatoms. The van der Waals surface area contributed by atoms with E-state index in [0.717, 1.165) is 11.1 Å². The molecule has 0 amide bonds. The Balaban J connectivity index is 1.67.